The summed E-state index contributed by atoms with van der Waals surface area (Å²) in [5, 5.41) is 8.42. The molecule has 1 N–H and O–H groups in total. The van der Waals surface area contributed by atoms with Gasteiger partial charge >= 0.3 is 0 Å². The fraction of sp³-hybridized carbons (Fsp3) is 0.320. The van der Waals surface area contributed by atoms with Crippen LogP contribution in [-0.4, -0.2) is 39.6 Å². The summed E-state index contributed by atoms with van der Waals surface area (Å²) in [4.78, 5) is 27.2. The summed E-state index contributed by atoms with van der Waals surface area (Å²) in [6, 6.07) is 16.5. The molecule has 0 fully saturated rings. The Kier molecular flexibility index (Phi) is 7.82. The van der Waals surface area contributed by atoms with Gasteiger partial charge < -0.3 is 10.2 Å². The molecule has 2 aromatic carbocycles. The van der Waals surface area contributed by atoms with Crippen LogP contribution in [0.2, 0.25) is 10.0 Å². The predicted molar refractivity (Wildman–Crippen MR) is 133 cm³/mol. The summed E-state index contributed by atoms with van der Waals surface area (Å²) in [6.45, 7) is 8.36. The molecule has 0 saturated carbocycles. The summed E-state index contributed by atoms with van der Waals surface area (Å²) < 4.78 is 1.63. The van der Waals surface area contributed by atoms with Crippen LogP contribution in [0.4, 0.5) is 5.82 Å². The van der Waals surface area contributed by atoms with Crippen LogP contribution in [0.25, 0.3) is 5.69 Å². The Morgan fingerprint density at radius 3 is 2.33 bits per heavy atom. The average Bonchev–Trinajstić information content (AvgIpc) is 3.18. The van der Waals surface area contributed by atoms with Crippen LogP contribution in [0.1, 0.15) is 39.0 Å². The third-order valence-corrected chi connectivity index (χ3v) is 5.90. The number of benzene rings is 2. The number of hydrogen-bond acceptors (Lipinski definition) is 3. The lowest BCUT2D eigenvalue weighted by Crippen LogP contribution is -2.38. The zero-order valence-corrected chi connectivity index (χ0v) is 20.7. The first-order valence-electron chi connectivity index (χ1n) is 10.8. The van der Waals surface area contributed by atoms with E-state index >= 15 is 0 Å². The van der Waals surface area contributed by atoms with Gasteiger partial charge in [0.05, 0.1) is 34.4 Å². The molecule has 33 heavy (non-hydrogen) atoms. The second-order valence-corrected chi connectivity index (χ2v) is 9.61. The first kappa shape index (κ1) is 24.8. The number of nitrogens with zero attached hydrogens (tertiary/aromatic N) is 3. The van der Waals surface area contributed by atoms with Gasteiger partial charge in [0.25, 0.3) is 0 Å². The highest BCUT2D eigenvalue weighted by Crippen LogP contribution is 2.29. The molecule has 0 bridgehead atoms. The van der Waals surface area contributed by atoms with Crippen molar-refractivity contribution >= 4 is 40.8 Å². The number of carbonyl (C=O) groups excluding carboxylic acids is 2. The van der Waals surface area contributed by atoms with Crippen molar-refractivity contribution in [2.75, 3.05) is 18.4 Å². The lowest BCUT2D eigenvalue weighted by molar-refractivity contribution is -0.133. The summed E-state index contributed by atoms with van der Waals surface area (Å²) in [6.07, 6.45) is 0.247. The first-order valence-corrected chi connectivity index (χ1v) is 11.5. The first-order chi connectivity index (χ1) is 15.6. The third-order valence-electron chi connectivity index (χ3n) is 5.16. The molecule has 0 spiro atoms. The van der Waals surface area contributed by atoms with Gasteiger partial charge in [-0.25, -0.2) is 4.68 Å². The number of nitrogens with one attached hydrogen (secondary N) is 1. The van der Waals surface area contributed by atoms with Gasteiger partial charge in [0, 0.05) is 18.0 Å². The quantitative estimate of drug-likeness (QED) is 0.478. The molecule has 1 aromatic heterocycles. The van der Waals surface area contributed by atoms with Crippen molar-refractivity contribution in [1.29, 1.82) is 0 Å². The molecule has 3 rings (SSSR count). The SMILES string of the molecule is CCN(CC(=O)Nc1cc(C(C)(C)C)nn1-c1ccc(Cl)c(Cl)c1)C(=O)Cc1ccccc1. The highest BCUT2D eigenvalue weighted by Gasteiger charge is 2.23. The Balaban J connectivity index is 1.80. The van der Waals surface area contributed by atoms with E-state index in [-0.39, 0.29) is 30.2 Å². The summed E-state index contributed by atoms with van der Waals surface area (Å²) in [7, 11) is 0. The molecule has 2 amide bonds. The molecule has 0 radical (unpaired) electrons. The third kappa shape index (κ3) is 6.36. The molecule has 3 aromatic rings. The maximum Gasteiger partial charge on any atom is 0.245 e. The van der Waals surface area contributed by atoms with Crippen molar-refractivity contribution in [2.45, 2.75) is 39.5 Å². The van der Waals surface area contributed by atoms with Gasteiger partial charge in [-0.15, -0.1) is 0 Å². The molecule has 6 nitrogen and oxygen atoms in total. The van der Waals surface area contributed by atoms with Crippen LogP contribution in [0.15, 0.2) is 54.6 Å². The molecule has 0 aliphatic rings. The van der Waals surface area contributed by atoms with Crippen molar-refractivity contribution in [3.05, 3.63) is 75.9 Å². The maximum atomic E-state index is 12.9. The number of amides is 2. The minimum atomic E-state index is -0.306. The largest absolute Gasteiger partial charge is 0.333 e. The van der Waals surface area contributed by atoms with Crippen LogP contribution >= 0.6 is 23.2 Å². The minimum Gasteiger partial charge on any atom is -0.333 e. The second kappa shape index (κ2) is 10.4. The van der Waals surface area contributed by atoms with Gasteiger partial charge in [-0.3, -0.25) is 9.59 Å². The molecule has 0 saturated heterocycles. The van der Waals surface area contributed by atoms with E-state index in [4.69, 9.17) is 23.2 Å². The topological polar surface area (TPSA) is 67.2 Å². The smallest absolute Gasteiger partial charge is 0.245 e. The van der Waals surface area contributed by atoms with Crippen LogP contribution in [-0.2, 0) is 21.4 Å². The fourth-order valence-corrected chi connectivity index (χ4v) is 3.56. The molecule has 0 aliphatic carbocycles. The zero-order chi connectivity index (χ0) is 24.2. The van der Waals surface area contributed by atoms with Gasteiger partial charge in [0.1, 0.15) is 5.82 Å². The Hall–Kier alpha value is -2.83. The van der Waals surface area contributed by atoms with Crippen molar-refractivity contribution in [2.24, 2.45) is 0 Å². The summed E-state index contributed by atoms with van der Waals surface area (Å²) >= 11 is 12.3. The summed E-state index contributed by atoms with van der Waals surface area (Å²) in [5.41, 5.74) is 2.15. The maximum absolute atomic E-state index is 12.9. The second-order valence-electron chi connectivity index (χ2n) is 8.79. The molecule has 0 aliphatic heterocycles. The van der Waals surface area contributed by atoms with E-state index in [1.54, 1.807) is 22.9 Å². The number of carbonyl (C=O) groups is 2. The molecule has 174 valence electrons. The monoisotopic (exact) mass is 486 g/mol. The van der Waals surface area contributed by atoms with Crippen molar-refractivity contribution in [3.8, 4) is 5.69 Å². The average molecular weight is 487 g/mol. The van der Waals surface area contributed by atoms with Crippen LogP contribution in [0.5, 0.6) is 0 Å². The van der Waals surface area contributed by atoms with E-state index in [1.165, 1.54) is 4.90 Å². The zero-order valence-electron chi connectivity index (χ0n) is 19.2. The van der Waals surface area contributed by atoms with E-state index in [2.05, 4.69) is 10.4 Å². The Bertz CT molecular complexity index is 1140. The van der Waals surface area contributed by atoms with Gasteiger partial charge in [-0.2, -0.15) is 5.10 Å². The number of rotatable bonds is 7. The fourth-order valence-electron chi connectivity index (χ4n) is 3.26. The van der Waals surface area contributed by atoms with E-state index in [0.29, 0.717) is 28.1 Å². The lowest BCUT2D eigenvalue weighted by atomic mass is 9.92. The number of halogens is 2. The predicted octanol–water partition coefficient (Wildman–Crippen LogP) is 5.51. The Labute approximate surface area is 204 Å². The van der Waals surface area contributed by atoms with Gasteiger partial charge in [0.15, 0.2) is 0 Å². The van der Waals surface area contributed by atoms with E-state index < -0.39 is 0 Å². The molecule has 0 atom stereocenters. The Morgan fingerprint density at radius 1 is 1.03 bits per heavy atom. The highest BCUT2D eigenvalue weighted by molar-refractivity contribution is 6.42. The van der Waals surface area contributed by atoms with Crippen LogP contribution < -0.4 is 5.32 Å². The summed E-state index contributed by atoms with van der Waals surface area (Å²) in [5.74, 6) is 0.0852. The van der Waals surface area contributed by atoms with E-state index in [1.807, 2.05) is 64.1 Å². The minimum absolute atomic E-state index is 0.0560. The van der Waals surface area contributed by atoms with E-state index in [9.17, 15) is 9.59 Å². The number of likely N-dealkylation sites (N-methyl/N-ethyl adjacent to an activating group) is 1. The molecular weight excluding hydrogens is 459 g/mol. The van der Waals surface area contributed by atoms with Crippen LogP contribution in [0, 0.1) is 0 Å². The number of hydrogen-bond donors (Lipinski definition) is 1. The molecule has 1 heterocycles. The molecular formula is C25H28Cl2N4O2. The number of aromatic nitrogens is 2. The van der Waals surface area contributed by atoms with Gasteiger partial charge in [-0.1, -0.05) is 74.3 Å². The van der Waals surface area contributed by atoms with Crippen molar-refractivity contribution in [1.82, 2.24) is 14.7 Å². The Morgan fingerprint density at radius 2 is 1.73 bits per heavy atom. The molecule has 8 heteroatoms. The highest BCUT2D eigenvalue weighted by atomic mass is 35.5. The number of anilines is 1. The van der Waals surface area contributed by atoms with Crippen molar-refractivity contribution < 1.29 is 9.59 Å². The molecule has 0 unspecified atom stereocenters. The lowest BCUT2D eigenvalue weighted by Gasteiger charge is -2.20. The van der Waals surface area contributed by atoms with Gasteiger partial charge in [0.2, 0.25) is 11.8 Å². The van der Waals surface area contributed by atoms with E-state index in [0.717, 1.165) is 11.3 Å². The standard InChI is InChI=1S/C25H28Cl2N4O2/c1-5-30(24(33)13-17-9-7-6-8-10-17)16-23(32)28-22-15-21(25(2,3)4)29-31(22)18-11-12-19(26)20(27)14-18/h6-12,14-15H,5,13,16H2,1-4H3,(H,28,32). The van der Waals surface area contributed by atoms with Gasteiger partial charge in [-0.05, 0) is 30.7 Å². The normalized spacial score (nSPS) is 11.3. The van der Waals surface area contributed by atoms with Crippen molar-refractivity contribution in [3.63, 3.8) is 0 Å². The van der Waals surface area contributed by atoms with Crippen LogP contribution in [0.3, 0.4) is 0 Å².